The first-order valence-electron chi connectivity index (χ1n) is 4.45. The molecule has 2 N–H and O–H groups in total. The van der Waals surface area contributed by atoms with E-state index in [1.807, 2.05) is 0 Å². The van der Waals surface area contributed by atoms with E-state index < -0.39 is 5.91 Å². The summed E-state index contributed by atoms with van der Waals surface area (Å²) >= 11 is 0. The summed E-state index contributed by atoms with van der Waals surface area (Å²) in [5, 5.41) is 15.4. The van der Waals surface area contributed by atoms with Gasteiger partial charge in [-0.3, -0.25) is 4.79 Å². The highest BCUT2D eigenvalue weighted by molar-refractivity contribution is 5.94. The van der Waals surface area contributed by atoms with Crippen LogP contribution >= 0.6 is 0 Å². The Morgan fingerprint density at radius 2 is 2.38 bits per heavy atom. The van der Waals surface area contributed by atoms with Gasteiger partial charge in [-0.15, -0.1) is 0 Å². The van der Waals surface area contributed by atoms with Gasteiger partial charge >= 0.3 is 0 Å². The standard InChI is InChI=1S/C9H8N4O3/c14-6-2-1-3-10-8(6)9(15)11-4-7-12-5-16-13-7/h1-3,5,14H,4H2,(H,11,15). The molecule has 0 aliphatic carbocycles. The molecule has 0 unspecified atom stereocenters. The Balaban J connectivity index is 2.01. The van der Waals surface area contributed by atoms with Gasteiger partial charge in [-0.25, -0.2) is 4.98 Å². The lowest BCUT2D eigenvalue weighted by Gasteiger charge is -2.02. The monoisotopic (exact) mass is 220 g/mol. The molecule has 1 amide bonds. The zero-order chi connectivity index (χ0) is 11.4. The molecular weight excluding hydrogens is 212 g/mol. The molecule has 0 atom stereocenters. The van der Waals surface area contributed by atoms with Crippen LogP contribution in [0.25, 0.3) is 0 Å². The highest BCUT2D eigenvalue weighted by Gasteiger charge is 2.12. The van der Waals surface area contributed by atoms with Crippen molar-refractivity contribution < 1.29 is 14.4 Å². The molecule has 7 nitrogen and oxygen atoms in total. The average Bonchev–Trinajstić information content (AvgIpc) is 2.79. The van der Waals surface area contributed by atoms with E-state index in [-0.39, 0.29) is 18.0 Å². The van der Waals surface area contributed by atoms with Crippen molar-refractivity contribution in [3.63, 3.8) is 0 Å². The van der Waals surface area contributed by atoms with Crippen LogP contribution in [-0.4, -0.2) is 26.1 Å². The van der Waals surface area contributed by atoms with Crippen molar-refractivity contribution in [1.29, 1.82) is 0 Å². The van der Waals surface area contributed by atoms with Gasteiger partial charge in [0, 0.05) is 6.20 Å². The minimum absolute atomic E-state index is 0.0361. The fourth-order valence-electron chi connectivity index (χ4n) is 1.09. The lowest BCUT2D eigenvalue weighted by Crippen LogP contribution is -2.24. The van der Waals surface area contributed by atoms with Crippen LogP contribution in [0, 0.1) is 0 Å². The number of carbonyl (C=O) groups is 1. The van der Waals surface area contributed by atoms with E-state index in [1.165, 1.54) is 24.7 Å². The topological polar surface area (TPSA) is 101 Å². The van der Waals surface area contributed by atoms with Gasteiger partial charge in [-0.05, 0) is 12.1 Å². The molecule has 0 radical (unpaired) electrons. The largest absolute Gasteiger partial charge is 0.505 e. The van der Waals surface area contributed by atoms with E-state index in [2.05, 4.69) is 25.0 Å². The molecule has 2 rings (SSSR count). The second-order valence-corrected chi connectivity index (χ2v) is 2.90. The number of rotatable bonds is 3. The van der Waals surface area contributed by atoms with E-state index in [1.54, 1.807) is 0 Å². The molecule has 0 aliphatic heterocycles. The number of pyridine rings is 1. The Labute approximate surface area is 90.1 Å². The van der Waals surface area contributed by atoms with Gasteiger partial charge in [0.15, 0.2) is 11.5 Å². The smallest absolute Gasteiger partial charge is 0.274 e. The van der Waals surface area contributed by atoms with Crippen LogP contribution in [0.4, 0.5) is 0 Å². The molecule has 0 aromatic carbocycles. The summed E-state index contributed by atoms with van der Waals surface area (Å²) in [5.74, 6) is -0.320. The molecule has 0 saturated carbocycles. The van der Waals surface area contributed by atoms with Crippen molar-refractivity contribution in [2.45, 2.75) is 6.54 Å². The quantitative estimate of drug-likeness (QED) is 0.760. The second kappa shape index (κ2) is 4.39. The number of nitrogens with one attached hydrogen (secondary N) is 1. The molecule has 0 spiro atoms. The molecule has 0 aliphatic rings. The van der Waals surface area contributed by atoms with Crippen molar-refractivity contribution in [2.75, 3.05) is 0 Å². The lowest BCUT2D eigenvalue weighted by atomic mass is 10.3. The molecule has 0 bridgehead atoms. The number of hydrogen-bond donors (Lipinski definition) is 2. The first-order chi connectivity index (χ1) is 7.77. The number of amides is 1. The van der Waals surface area contributed by atoms with Crippen LogP contribution in [0.5, 0.6) is 5.75 Å². The third kappa shape index (κ3) is 2.14. The average molecular weight is 220 g/mol. The number of aromatic hydroxyl groups is 1. The van der Waals surface area contributed by atoms with E-state index in [0.29, 0.717) is 5.82 Å². The van der Waals surface area contributed by atoms with E-state index >= 15 is 0 Å². The first-order valence-corrected chi connectivity index (χ1v) is 4.45. The van der Waals surface area contributed by atoms with Gasteiger partial charge in [0.05, 0.1) is 6.54 Å². The van der Waals surface area contributed by atoms with Crippen molar-refractivity contribution in [1.82, 2.24) is 20.4 Å². The van der Waals surface area contributed by atoms with Crippen LogP contribution in [0.1, 0.15) is 16.3 Å². The van der Waals surface area contributed by atoms with Crippen molar-refractivity contribution in [2.24, 2.45) is 0 Å². The maximum Gasteiger partial charge on any atom is 0.274 e. The molecular formula is C9H8N4O3. The van der Waals surface area contributed by atoms with Crippen molar-refractivity contribution in [3.8, 4) is 5.75 Å². The number of hydrogen-bond acceptors (Lipinski definition) is 6. The van der Waals surface area contributed by atoms with Crippen LogP contribution in [0.2, 0.25) is 0 Å². The van der Waals surface area contributed by atoms with Crippen LogP contribution in [-0.2, 0) is 6.54 Å². The molecule has 7 heteroatoms. The SMILES string of the molecule is O=C(NCc1ncon1)c1ncccc1O. The van der Waals surface area contributed by atoms with Crippen molar-refractivity contribution in [3.05, 3.63) is 36.2 Å². The van der Waals surface area contributed by atoms with E-state index in [9.17, 15) is 9.90 Å². The Kier molecular flexibility index (Phi) is 2.77. The van der Waals surface area contributed by atoms with Gasteiger partial charge in [0.2, 0.25) is 6.39 Å². The number of carbonyl (C=O) groups excluding carboxylic acids is 1. The van der Waals surface area contributed by atoms with Crippen LogP contribution in [0.15, 0.2) is 29.2 Å². The highest BCUT2D eigenvalue weighted by Crippen LogP contribution is 2.11. The lowest BCUT2D eigenvalue weighted by molar-refractivity contribution is 0.0941. The summed E-state index contributed by atoms with van der Waals surface area (Å²) in [4.78, 5) is 19.0. The minimum atomic E-state index is -0.497. The van der Waals surface area contributed by atoms with Crippen molar-refractivity contribution >= 4 is 5.91 Å². The Morgan fingerprint density at radius 3 is 3.06 bits per heavy atom. The second-order valence-electron chi connectivity index (χ2n) is 2.90. The summed E-state index contributed by atoms with van der Waals surface area (Å²) in [5.41, 5.74) is -0.0361. The normalized spacial score (nSPS) is 10.0. The molecule has 2 aromatic heterocycles. The van der Waals surface area contributed by atoms with Crippen LogP contribution < -0.4 is 5.32 Å². The fraction of sp³-hybridized carbons (Fsp3) is 0.111. The molecule has 82 valence electrons. The van der Waals surface area contributed by atoms with Gasteiger partial charge in [-0.2, -0.15) is 4.98 Å². The molecule has 16 heavy (non-hydrogen) atoms. The van der Waals surface area contributed by atoms with Gasteiger partial charge in [-0.1, -0.05) is 5.16 Å². The van der Waals surface area contributed by atoms with Gasteiger partial charge in [0.1, 0.15) is 5.75 Å². The first kappa shape index (κ1) is 10.1. The van der Waals surface area contributed by atoms with Gasteiger partial charge in [0.25, 0.3) is 5.91 Å². The summed E-state index contributed by atoms with van der Waals surface area (Å²) in [6.45, 7) is 0.116. The maximum atomic E-state index is 11.5. The zero-order valence-corrected chi connectivity index (χ0v) is 8.12. The summed E-state index contributed by atoms with van der Waals surface area (Å²) in [6.07, 6.45) is 2.59. The zero-order valence-electron chi connectivity index (χ0n) is 8.12. The molecule has 2 aromatic rings. The van der Waals surface area contributed by atoms with E-state index in [0.717, 1.165) is 0 Å². The highest BCUT2D eigenvalue weighted by atomic mass is 16.5. The maximum absolute atomic E-state index is 11.5. The molecule has 2 heterocycles. The predicted molar refractivity (Wildman–Crippen MR) is 51.4 cm³/mol. The Morgan fingerprint density at radius 1 is 1.50 bits per heavy atom. The third-order valence-corrected chi connectivity index (χ3v) is 1.82. The fourth-order valence-corrected chi connectivity index (χ4v) is 1.09. The third-order valence-electron chi connectivity index (χ3n) is 1.82. The summed E-state index contributed by atoms with van der Waals surface area (Å²) in [7, 11) is 0. The molecule has 0 fully saturated rings. The summed E-state index contributed by atoms with van der Waals surface area (Å²) in [6, 6.07) is 2.92. The Bertz CT molecular complexity index is 483. The predicted octanol–water partition coefficient (Wildman–Crippen LogP) is 0.100. The molecule has 0 saturated heterocycles. The number of aromatic nitrogens is 3. The minimum Gasteiger partial charge on any atom is -0.505 e. The van der Waals surface area contributed by atoms with Crippen LogP contribution in [0.3, 0.4) is 0 Å². The number of nitrogens with zero attached hydrogens (tertiary/aromatic N) is 3. The summed E-state index contributed by atoms with van der Waals surface area (Å²) < 4.78 is 4.50. The van der Waals surface area contributed by atoms with E-state index in [4.69, 9.17) is 0 Å². The van der Waals surface area contributed by atoms with Gasteiger partial charge < -0.3 is 14.9 Å². The Hall–Kier alpha value is -2.44.